The van der Waals surface area contributed by atoms with Crippen molar-refractivity contribution in [3.05, 3.63) is 24.2 Å². The number of hydrogen-bond acceptors (Lipinski definition) is 5. The van der Waals surface area contributed by atoms with Crippen LogP contribution in [0.1, 0.15) is 31.4 Å². The van der Waals surface area contributed by atoms with Crippen molar-refractivity contribution in [2.45, 2.75) is 43.9 Å². The summed E-state index contributed by atoms with van der Waals surface area (Å²) in [5.74, 6) is 1.07. The first-order valence-electron chi connectivity index (χ1n) is 9.54. The van der Waals surface area contributed by atoms with E-state index in [4.69, 9.17) is 9.15 Å². The number of furan rings is 1. The molecule has 1 spiro atoms. The third kappa shape index (κ3) is 3.85. The normalized spacial score (nSPS) is 33.5. The largest absolute Gasteiger partial charge is 0.468 e. The van der Waals surface area contributed by atoms with E-state index in [2.05, 4.69) is 27.8 Å². The summed E-state index contributed by atoms with van der Waals surface area (Å²) in [5.41, 5.74) is 0.0993. The second-order valence-electron chi connectivity index (χ2n) is 7.96. The van der Waals surface area contributed by atoms with Gasteiger partial charge in [-0.05, 0) is 44.9 Å². The molecular weight excluding hydrogens is 302 g/mol. The van der Waals surface area contributed by atoms with Crippen LogP contribution < -0.4 is 0 Å². The van der Waals surface area contributed by atoms with E-state index < -0.39 is 0 Å². The number of hydrogen-bond donors (Lipinski definition) is 0. The maximum atomic E-state index is 6.69. The van der Waals surface area contributed by atoms with Gasteiger partial charge in [-0.15, -0.1) is 0 Å². The van der Waals surface area contributed by atoms with E-state index in [-0.39, 0.29) is 5.60 Å². The standard InChI is InChI=1S/C19H31N3O2/c1-20-9-11-21(12-10-20)15-18-4-2-6-19(24-18)7-8-22(16-19)14-17-5-3-13-23-17/h3,5,13,18H,2,4,6-12,14-16H2,1H3/t18-,19-/m0/s1. The van der Waals surface area contributed by atoms with Gasteiger partial charge in [-0.25, -0.2) is 0 Å². The van der Waals surface area contributed by atoms with Crippen LogP contribution in [0.5, 0.6) is 0 Å². The Morgan fingerprint density at radius 3 is 2.79 bits per heavy atom. The molecule has 0 bridgehead atoms. The quantitative estimate of drug-likeness (QED) is 0.842. The van der Waals surface area contributed by atoms with Crippen molar-refractivity contribution >= 4 is 0 Å². The minimum atomic E-state index is 0.0993. The molecule has 0 radical (unpaired) electrons. The molecule has 3 aliphatic heterocycles. The van der Waals surface area contributed by atoms with Gasteiger partial charge >= 0.3 is 0 Å². The number of piperazine rings is 1. The molecule has 1 aromatic heterocycles. The fourth-order valence-electron chi connectivity index (χ4n) is 4.56. The highest BCUT2D eigenvalue weighted by Crippen LogP contribution is 2.37. The van der Waals surface area contributed by atoms with E-state index in [9.17, 15) is 0 Å². The zero-order valence-corrected chi connectivity index (χ0v) is 15.0. The van der Waals surface area contributed by atoms with Crippen LogP contribution in [0.2, 0.25) is 0 Å². The van der Waals surface area contributed by atoms with Gasteiger partial charge in [-0.3, -0.25) is 9.80 Å². The molecule has 0 amide bonds. The lowest BCUT2D eigenvalue weighted by molar-refractivity contribution is -0.130. The van der Waals surface area contributed by atoms with E-state index in [1.165, 1.54) is 51.9 Å². The zero-order chi connectivity index (χ0) is 16.4. The predicted octanol–water partition coefficient (Wildman–Crippen LogP) is 2.04. The average Bonchev–Trinajstić information content (AvgIpc) is 3.21. The SMILES string of the molecule is CN1CCN(C[C@@H]2CCC[C@@]3(CCN(Cc4ccco4)C3)O2)CC1. The van der Waals surface area contributed by atoms with Gasteiger partial charge in [0, 0.05) is 45.8 Å². The molecule has 4 rings (SSSR count). The fourth-order valence-corrected chi connectivity index (χ4v) is 4.56. The second kappa shape index (κ2) is 7.16. The monoisotopic (exact) mass is 333 g/mol. The Labute approximate surface area is 145 Å². The highest BCUT2D eigenvalue weighted by Gasteiger charge is 2.43. The van der Waals surface area contributed by atoms with Crippen molar-refractivity contribution in [3.63, 3.8) is 0 Å². The van der Waals surface area contributed by atoms with Crippen molar-refractivity contribution in [1.29, 1.82) is 0 Å². The minimum absolute atomic E-state index is 0.0993. The fraction of sp³-hybridized carbons (Fsp3) is 0.789. The summed E-state index contributed by atoms with van der Waals surface area (Å²) in [7, 11) is 2.22. The molecule has 0 unspecified atom stereocenters. The Hall–Kier alpha value is -0.880. The zero-order valence-electron chi connectivity index (χ0n) is 15.0. The molecule has 0 saturated carbocycles. The molecule has 3 aliphatic rings. The first-order valence-corrected chi connectivity index (χ1v) is 9.54. The maximum Gasteiger partial charge on any atom is 0.117 e. The van der Waals surface area contributed by atoms with Crippen LogP contribution >= 0.6 is 0 Å². The number of likely N-dealkylation sites (N-methyl/N-ethyl adjacent to an activating group) is 1. The van der Waals surface area contributed by atoms with Crippen molar-refractivity contribution in [2.24, 2.45) is 0 Å². The number of nitrogens with zero attached hydrogens (tertiary/aromatic N) is 3. The Kier molecular flexibility index (Phi) is 4.95. The molecule has 24 heavy (non-hydrogen) atoms. The lowest BCUT2D eigenvalue weighted by atomic mass is 9.90. The summed E-state index contributed by atoms with van der Waals surface area (Å²) < 4.78 is 12.2. The average molecular weight is 333 g/mol. The van der Waals surface area contributed by atoms with Gasteiger partial charge < -0.3 is 14.1 Å². The summed E-state index contributed by atoms with van der Waals surface area (Å²) in [6.07, 6.45) is 7.13. The molecule has 2 atom stereocenters. The molecule has 0 aromatic carbocycles. The van der Waals surface area contributed by atoms with Gasteiger partial charge in [0.15, 0.2) is 0 Å². The molecule has 5 heteroatoms. The van der Waals surface area contributed by atoms with Crippen LogP contribution in [-0.2, 0) is 11.3 Å². The van der Waals surface area contributed by atoms with Gasteiger partial charge in [0.2, 0.25) is 0 Å². The number of ether oxygens (including phenoxy) is 1. The Morgan fingerprint density at radius 2 is 2.00 bits per heavy atom. The summed E-state index contributed by atoms with van der Waals surface area (Å²) in [5, 5.41) is 0. The Morgan fingerprint density at radius 1 is 1.12 bits per heavy atom. The van der Waals surface area contributed by atoms with Gasteiger partial charge in [0.25, 0.3) is 0 Å². The van der Waals surface area contributed by atoms with Crippen molar-refractivity contribution in [3.8, 4) is 0 Å². The van der Waals surface area contributed by atoms with E-state index >= 15 is 0 Å². The lowest BCUT2D eigenvalue weighted by Gasteiger charge is -2.42. The first-order chi connectivity index (χ1) is 11.7. The van der Waals surface area contributed by atoms with Crippen LogP contribution in [0.3, 0.4) is 0 Å². The molecule has 1 aromatic rings. The lowest BCUT2D eigenvalue weighted by Crippen LogP contribution is -2.51. The van der Waals surface area contributed by atoms with Crippen LogP contribution in [0.4, 0.5) is 0 Å². The minimum Gasteiger partial charge on any atom is -0.468 e. The van der Waals surface area contributed by atoms with Gasteiger partial charge in [0.05, 0.1) is 24.5 Å². The highest BCUT2D eigenvalue weighted by molar-refractivity contribution is 5.01. The maximum absolute atomic E-state index is 6.69. The van der Waals surface area contributed by atoms with Crippen molar-refractivity contribution < 1.29 is 9.15 Å². The molecule has 5 nitrogen and oxygen atoms in total. The third-order valence-corrected chi connectivity index (χ3v) is 5.99. The van der Waals surface area contributed by atoms with Crippen molar-refractivity contribution in [1.82, 2.24) is 14.7 Å². The summed E-state index contributed by atoms with van der Waals surface area (Å²) in [4.78, 5) is 7.51. The van der Waals surface area contributed by atoms with Gasteiger partial charge in [-0.2, -0.15) is 0 Å². The summed E-state index contributed by atoms with van der Waals surface area (Å²) in [6, 6.07) is 4.05. The topological polar surface area (TPSA) is 32.1 Å². The molecule has 4 heterocycles. The van der Waals surface area contributed by atoms with Crippen LogP contribution in [-0.4, -0.2) is 79.3 Å². The molecule has 3 fully saturated rings. The van der Waals surface area contributed by atoms with Crippen molar-refractivity contribution in [2.75, 3.05) is 52.9 Å². The molecule has 3 saturated heterocycles. The number of likely N-dealkylation sites (tertiary alicyclic amines) is 1. The summed E-state index contributed by atoms with van der Waals surface area (Å²) >= 11 is 0. The Bertz CT molecular complexity index is 513. The van der Waals surface area contributed by atoms with E-state index in [1.807, 2.05) is 6.07 Å². The Balaban J connectivity index is 1.30. The van der Waals surface area contributed by atoms with Gasteiger partial charge in [0.1, 0.15) is 5.76 Å². The molecule has 0 N–H and O–H groups in total. The molecule has 134 valence electrons. The molecular formula is C19H31N3O2. The number of rotatable bonds is 4. The van der Waals surface area contributed by atoms with Gasteiger partial charge in [-0.1, -0.05) is 0 Å². The third-order valence-electron chi connectivity index (χ3n) is 5.99. The van der Waals surface area contributed by atoms with Crippen LogP contribution in [0.25, 0.3) is 0 Å². The van der Waals surface area contributed by atoms with E-state index in [0.29, 0.717) is 6.10 Å². The second-order valence-corrected chi connectivity index (χ2v) is 7.96. The van der Waals surface area contributed by atoms with E-state index in [1.54, 1.807) is 6.26 Å². The summed E-state index contributed by atoms with van der Waals surface area (Å²) in [6.45, 7) is 8.98. The van der Waals surface area contributed by atoms with E-state index in [0.717, 1.165) is 31.9 Å². The first kappa shape index (κ1) is 16.6. The predicted molar refractivity (Wildman–Crippen MR) is 94.0 cm³/mol. The van der Waals surface area contributed by atoms with Crippen LogP contribution in [0, 0.1) is 0 Å². The van der Waals surface area contributed by atoms with Crippen LogP contribution in [0.15, 0.2) is 22.8 Å². The molecule has 0 aliphatic carbocycles. The smallest absolute Gasteiger partial charge is 0.117 e. The highest BCUT2D eigenvalue weighted by atomic mass is 16.5.